The van der Waals surface area contributed by atoms with E-state index in [-0.39, 0.29) is 17.9 Å². The van der Waals surface area contributed by atoms with Crippen molar-refractivity contribution in [3.63, 3.8) is 0 Å². The number of alkyl halides is 2. The van der Waals surface area contributed by atoms with E-state index in [1.54, 1.807) is 20.8 Å². The molecule has 0 atom stereocenters. The lowest BCUT2D eigenvalue weighted by Crippen LogP contribution is -2.34. The highest BCUT2D eigenvalue weighted by atomic mass is 19.3. The molecule has 0 rings (SSSR count). The Kier molecular flexibility index (Phi) is 6.25. The molecule has 0 heterocycles. The van der Waals surface area contributed by atoms with Gasteiger partial charge in [-0.3, -0.25) is 0 Å². The molecule has 0 saturated carbocycles. The van der Waals surface area contributed by atoms with Gasteiger partial charge in [-0.15, -0.1) is 0 Å². The molecule has 0 aliphatic carbocycles. The number of ether oxygens (including phenoxy) is 1. The van der Waals surface area contributed by atoms with Crippen molar-refractivity contribution in [2.75, 3.05) is 6.61 Å². The summed E-state index contributed by atoms with van der Waals surface area (Å²) in [6, 6.07) is 0. The molecular formula is C15H30F2O. The Balaban J connectivity index is 4.10. The summed E-state index contributed by atoms with van der Waals surface area (Å²) < 4.78 is 33.1. The van der Waals surface area contributed by atoms with E-state index in [0.29, 0.717) is 13.0 Å². The van der Waals surface area contributed by atoms with E-state index in [0.717, 1.165) is 6.42 Å². The van der Waals surface area contributed by atoms with E-state index in [4.69, 9.17) is 4.74 Å². The van der Waals surface area contributed by atoms with Gasteiger partial charge in [-0.25, -0.2) is 8.78 Å². The van der Waals surface area contributed by atoms with Crippen molar-refractivity contribution >= 4 is 0 Å². The second-order valence-corrected chi connectivity index (χ2v) is 7.33. The minimum absolute atomic E-state index is 0.0295. The van der Waals surface area contributed by atoms with Gasteiger partial charge in [0.2, 0.25) is 0 Å². The van der Waals surface area contributed by atoms with Crippen molar-refractivity contribution in [1.82, 2.24) is 0 Å². The quantitative estimate of drug-likeness (QED) is 0.607. The molecule has 0 aromatic heterocycles. The average Bonchev–Trinajstić information content (AvgIpc) is 2.12. The standard InChI is InChI=1S/C15H30F2O/c1-12(2)18-11-14(6,7)9-8-10-15(16,17)13(3,4)5/h12H,8-11H2,1-7H3. The fourth-order valence-corrected chi connectivity index (χ4v) is 1.63. The Hall–Kier alpha value is -0.180. The molecule has 0 radical (unpaired) electrons. The lowest BCUT2D eigenvalue weighted by molar-refractivity contribution is -0.106. The van der Waals surface area contributed by atoms with Gasteiger partial charge in [0.25, 0.3) is 5.92 Å². The monoisotopic (exact) mass is 264 g/mol. The minimum Gasteiger partial charge on any atom is -0.378 e. The molecule has 18 heavy (non-hydrogen) atoms. The van der Waals surface area contributed by atoms with Crippen LogP contribution in [0.15, 0.2) is 0 Å². The fraction of sp³-hybridized carbons (Fsp3) is 1.00. The molecule has 0 spiro atoms. The van der Waals surface area contributed by atoms with Crippen LogP contribution in [0.2, 0.25) is 0 Å². The highest BCUT2D eigenvalue weighted by Crippen LogP contribution is 2.40. The van der Waals surface area contributed by atoms with Crippen molar-refractivity contribution in [3.8, 4) is 0 Å². The average molecular weight is 264 g/mol. The van der Waals surface area contributed by atoms with Crippen molar-refractivity contribution in [3.05, 3.63) is 0 Å². The summed E-state index contributed by atoms with van der Waals surface area (Å²) >= 11 is 0. The van der Waals surface area contributed by atoms with Crippen molar-refractivity contribution in [2.45, 2.75) is 79.8 Å². The van der Waals surface area contributed by atoms with Crippen LogP contribution in [-0.4, -0.2) is 18.6 Å². The van der Waals surface area contributed by atoms with E-state index < -0.39 is 11.3 Å². The molecule has 1 nitrogen and oxygen atoms in total. The van der Waals surface area contributed by atoms with Gasteiger partial charge >= 0.3 is 0 Å². The maximum Gasteiger partial charge on any atom is 0.252 e. The summed E-state index contributed by atoms with van der Waals surface area (Å²) in [5, 5.41) is 0. The third-order valence-corrected chi connectivity index (χ3v) is 3.25. The van der Waals surface area contributed by atoms with E-state index in [1.165, 1.54) is 0 Å². The van der Waals surface area contributed by atoms with Crippen LogP contribution in [-0.2, 0) is 4.74 Å². The van der Waals surface area contributed by atoms with Gasteiger partial charge < -0.3 is 4.74 Å². The van der Waals surface area contributed by atoms with E-state index >= 15 is 0 Å². The summed E-state index contributed by atoms with van der Waals surface area (Å²) in [4.78, 5) is 0. The number of hydrogen-bond donors (Lipinski definition) is 0. The zero-order valence-corrected chi connectivity index (χ0v) is 13.1. The van der Waals surface area contributed by atoms with Crippen LogP contribution in [0.25, 0.3) is 0 Å². The van der Waals surface area contributed by atoms with Crippen LogP contribution in [0.4, 0.5) is 8.78 Å². The molecule has 0 aromatic carbocycles. The first-order valence-electron chi connectivity index (χ1n) is 6.87. The lowest BCUT2D eigenvalue weighted by Gasteiger charge is -2.32. The molecule has 0 aliphatic heterocycles. The van der Waals surface area contributed by atoms with E-state index in [9.17, 15) is 8.78 Å². The smallest absolute Gasteiger partial charge is 0.252 e. The van der Waals surface area contributed by atoms with Crippen LogP contribution in [0, 0.1) is 10.8 Å². The van der Waals surface area contributed by atoms with Gasteiger partial charge in [0.1, 0.15) is 0 Å². The summed E-state index contributed by atoms with van der Waals surface area (Å²) in [6.45, 7) is 13.6. The molecule has 0 saturated heterocycles. The van der Waals surface area contributed by atoms with Crippen LogP contribution in [0.5, 0.6) is 0 Å². The lowest BCUT2D eigenvalue weighted by atomic mass is 9.82. The third-order valence-electron chi connectivity index (χ3n) is 3.25. The number of rotatable bonds is 7. The summed E-state index contributed by atoms with van der Waals surface area (Å²) in [7, 11) is 0. The Morgan fingerprint density at radius 1 is 0.944 bits per heavy atom. The first-order valence-corrected chi connectivity index (χ1v) is 6.87. The fourth-order valence-electron chi connectivity index (χ4n) is 1.63. The summed E-state index contributed by atoms with van der Waals surface area (Å²) in [6.07, 6.45) is 1.46. The molecule has 0 bridgehead atoms. The van der Waals surface area contributed by atoms with E-state index in [2.05, 4.69) is 13.8 Å². The van der Waals surface area contributed by atoms with Gasteiger partial charge in [0.05, 0.1) is 12.7 Å². The van der Waals surface area contributed by atoms with E-state index in [1.807, 2.05) is 13.8 Å². The third kappa shape index (κ3) is 6.67. The van der Waals surface area contributed by atoms with Crippen LogP contribution in [0.1, 0.15) is 67.7 Å². The Labute approximate surface area is 111 Å². The molecular weight excluding hydrogens is 234 g/mol. The Morgan fingerprint density at radius 2 is 1.44 bits per heavy atom. The minimum atomic E-state index is -2.60. The van der Waals surface area contributed by atoms with Gasteiger partial charge in [0, 0.05) is 11.8 Å². The van der Waals surface area contributed by atoms with Crippen molar-refractivity contribution < 1.29 is 13.5 Å². The molecule has 3 heteroatoms. The van der Waals surface area contributed by atoms with Gasteiger partial charge in [-0.2, -0.15) is 0 Å². The predicted molar refractivity (Wildman–Crippen MR) is 73.1 cm³/mol. The summed E-state index contributed by atoms with van der Waals surface area (Å²) in [5.74, 6) is -2.60. The molecule has 0 amide bonds. The Morgan fingerprint density at radius 3 is 1.83 bits per heavy atom. The van der Waals surface area contributed by atoms with Crippen LogP contribution in [0.3, 0.4) is 0 Å². The number of hydrogen-bond acceptors (Lipinski definition) is 1. The van der Waals surface area contributed by atoms with Gasteiger partial charge in [0.15, 0.2) is 0 Å². The van der Waals surface area contributed by atoms with Crippen LogP contribution >= 0.6 is 0 Å². The molecule has 110 valence electrons. The topological polar surface area (TPSA) is 9.23 Å². The number of halogens is 2. The molecule has 0 N–H and O–H groups in total. The highest BCUT2D eigenvalue weighted by molar-refractivity contribution is 4.82. The molecule has 0 fully saturated rings. The highest BCUT2D eigenvalue weighted by Gasteiger charge is 2.42. The SMILES string of the molecule is CC(C)OCC(C)(C)CCCC(F)(F)C(C)(C)C. The second-order valence-electron chi connectivity index (χ2n) is 7.33. The van der Waals surface area contributed by atoms with Crippen LogP contribution < -0.4 is 0 Å². The largest absolute Gasteiger partial charge is 0.378 e. The second kappa shape index (κ2) is 6.31. The van der Waals surface area contributed by atoms with Gasteiger partial charge in [-0.1, -0.05) is 34.6 Å². The molecule has 0 aromatic rings. The summed E-state index contributed by atoms with van der Waals surface area (Å²) in [5.41, 5.74) is -0.982. The van der Waals surface area contributed by atoms with Crippen molar-refractivity contribution in [2.24, 2.45) is 10.8 Å². The Bertz CT molecular complexity index is 239. The zero-order chi connectivity index (χ0) is 14.6. The van der Waals surface area contributed by atoms with Crippen molar-refractivity contribution in [1.29, 1.82) is 0 Å². The normalized spacial score (nSPS) is 14.3. The molecule has 0 aliphatic rings. The zero-order valence-electron chi connectivity index (χ0n) is 13.1. The first-order chi connectivity index (χ1) is 7.87. The maximum atomic E-state index is 13.8. The molecule has 0 unspecified atom stereocenters. The predicted octanol–water partition coefficient (Wildman–Crippen LogP) is 5.29. The maximum absolute atomic E-state index is 13.8. The first kappa shape index (κ1) is 17.8. The van der Waals surface area contributed by atoms with Gasteiger partial charge in [-0.05, 0) is 32.1 Å².